The number of hydrogen-bond donors (Lipinski definition) is 2. The summed E-state index contributed by atoms with van der Waals surface area (Å²) in [5.41, 5.74) is 0.998. The average Bonchev–Trinajstić information content (AvgIpc) is 2.56. The molecule has 0 fully saturated rings. The normalized spacial score (nSPS) is 11.6. The molecule has 1 aromatic rings. The second-order valence-corrected chi connectivity index (χ2v) is 4.82. The number of esters is 1. The van der Waals surface area contributed by atoms with Crippen molar-refractivity contribution in [3.05, 3.63) is 29.8 Å². The maximum Gasteiger partial charge on any atom is 0.330 e. The zero-order valence-corrected chi connectivity index (χ0v) is 13.0. The largest absolute Gasteiger partial charge is 0.494 e. The minimum absolute atomic E-state index is 0.225. The van der Waals surface area contributed by atoms with Crippen LogP contribution in [0.15, 0.2) is 24.3 Å². The van der Waals surface area contributed by atoms with Gasteiger partial charge in [-0.2, -0.15) is 0 Å². The second kappa shape index (κ2) is 9.78. The van der Waals surface area contributed by atoms with Gasteiger partial charge in [0.25, 0.3) is 0 Å². The first-order valence-electron chi connectivity index (χ1n) is 7.30. The van der Waals surface area contributed by atoms with E-state index in [1.165, 1.54) is 7.11 Å². The molecule has 0 aliphatic carbocycles. The maximum atomic E-state index is 11.8. The third kappa shape index (κ3) is 6.13. The molecule has 1 atom stereocenters. The lowest BCUT2D eigenvalue weighted by molar-refractivity contribution is -0.146. The number of rotatable bonds is 9. The van der Waals surface area contributed by atoms with Crippen molar-refractivity contribution in [2.45, 2.75) is 32.2 Å². The first-order chi connectivity index (χ1) is 10.6. The summed E-state index contributed by atoms with van der Waals surface area (Å²) < 4.78 is 9.97. The summed E-state index contributed by atoms with van der Waals surface area (Å²) >= 11 is 0. The Bertz CT molecular complexity index is 472. The van der Waals surface area contributed by atoms with Crippen molar-refractivity contribution < 1.29 is 24.2 Å². The smallest absolute Gasteiger partial charge is 0.330 e. The summed E-state index contributed by atoms with van der Waals surface area (Å²) in [5.74, 6) is -0.162. The molecule has 2 N–H and O–H groups in total. The van der Waals surface area contributed by atoms with Gasteiger partial charge in [-0.15, -0.1) is 0 Å². The van der Waals surface area contributed by atoms with E-state index in [-0.39, 0.29) is 12.3 Å². The number of aliphatic hydroxyl groups excluding tert-OH is 1. The molecule has 0 bridgehead atoms. The van der Waals surface area contributed by atoms with Crippen molar-refractivity contribution in [2.24, 2.45) is 0 Å². The van der Waals surface area contributed by atoms with E-state index in [1.54, 1.807) is 0 Å². The molecule has 0 aliphatic rings. The van der Waals surface area contributed by atoms with Crippen LogP contribution < -0.4 is 10.1 Å². The van der Waals surface area contributed by atoms with Crippen LogP contribution in [-0.4, -0.2) is 43.3 Å². The molecule has 0 saturated carbocycles. The molecular weight excluding hydrogens is 286 g/mol. The van der Waals surface area contributed by atoms with Gasteiger partial charge in [-0.25, -0.2) is 4.79 Å². The van der Waals surface area contributed by atoms with E-state index in [0.717, 1.165) is 17.7 Å². The van der Waals surface area contributed by atoms with E-state index >= 15 is 0 Å². The van der Waals surface area contributed by atoms with Gasteiger partial charge in [0.2, 0.25) is 5.91 Å². The SMILES string of the molecule is CCCOc1ccc(CCC(=O)N[C@H](CO)C(=O)OC)cc1. The van der Waals surface area contributed by atoms with Crippen molar-refractivity contribution >= 4 is 11.9 Å². The van der Waals surface area contributed by atoms with E-state index in [1.807, 2.05) is 31.2 Å². The van der Waals surface area contributed by atoms with Gasteiger partial charge in [0.05, 0.1) is 20.3 Å². The highest BCUT2D eigenvalue weighted by atomic mass is 16.5. The fraction of sp³-hybridized carbons (Fsp3) is 0.500. The summed E-state index contributed by atoms with van der Waals surface area (Å²) in [4.78, 5) is 23.0. The lowest BCUT2D eigenvalue weighted by atomic mass is 10.1. The number of carbonyl (C=O) groups excluding carboxylic acids is 2. The lowest BCUT2D eigenvalue weighted by Crippen LogP contribution is -2.44. The highest BCUT2D eigenvalue weighted by Crippen LogP contribution is 2.13. The van der Waals surface area contributed by atoms with Gasteiger partial charge in [0, 0.05) is 6.42 Å². The molecule has 6 heteroatoms. The van der Waals surface area contributed by atoms with Gasteiger partial charge in [-0.05, 0) is 30.5 Å². The number of aryl methyl sites for hydroxylation is 1. The van der Waals surface area contributed by atoms with E-state index in [9.17, 15) is 9.59 Å². The predicted octanol–water partition coefficient (Wildman–Crippen LogP) is 1.06. The first-order valence-corrected chi connectivity index (χ1v) is 7.30. The molecule has 1 rings (SSSR count). The van der Waals surface area contributed by atoms with Crippen LogP contribution in [-0.2, 0) is 20.7 Å². The summed E-state index contributed by atoms with van der Waals surface area (Å²) in [6.07, 6.45) is 1.72. The summed E-state index contributed by atoms with van der Waals surface area (Å²) in [7, 11) is 1.21. The Morgan fingerprint density at radius 1 is 1.27 bits per heavy atom. The van der Waals surface area contributed by atoms with Crippen LogP contribution in [0, 0.1) is 0 Å². The van der Waals surface area contributed by atoms with Crippen LogP contribution in [0.4, 0.5) is 0 Å². The van der Waals surface area contributed by atoms with E-state index in [0.29, 0.717) is 13.0 Å². The first kappa shape index (κ1) is 18.0. The van der Waals surface area contributed by atoms with Crippen molar-refractivity contribution in [3.63, 3.8) is 0 Å². The monoisotopic (exact) mass is 309 g/mol. The van der Waals surface area contributed by atoms with E-state index in [2.05, 4.69) is 10.1 Å². The Balaban J connectivity index is 2.41. The van der Waals surface area contributed by atoms with Gasteiger partial charge in [0.15, 0.2) is 6.04 Å². The molecule has 122 valence electrons. The minimum atomic E-state index is -1.01. The van der Waals surface area contributed by atoms with Gasteiger partial charge >= 0.3 is 5.97 Å². The van der Waals surface area contributed by atoms with Crippen LogP contribution in [0.1, 0.15) is 25.3 Å². The van der Waals surface area contributed by atoms with Crippen LogP contribution >= 0.6 is 0 Å². The van der Waals surface area contributed by atoms with Gasteiger partial charge in [0.1, 0.15) is 5.75 Å². The average molecular weight is 309 g/mol. The number of aliphatic hydroxyl groups is 1. The highest BCUT2D eigenvalue weighted by Gasteiger charge is 2.19. The Hall–Kier alpha value is -2.08. The Kier molecular flexibility index (Phi) is 7.99. The maximum absolute atomic E-state index is 11.8. The summed E-state index contributed by atoms with van der Waals surface area (Å²) in [6.45, 7) is 2.24. The predicted molar refractivity (Wildman–Crippen MR) is 81.6 cm³/mol. The molecule has 0 heterocycles. The molecule has 0 aromatic heterocycles. The third-order valence-corrected chi connectivity index (χ3v) is 3.04. The van der Waals surface area contributed by atoms with Crippen LogP contribution in [0.2, 0.25) is 0 Å². The fourth-order valence-corrected chi connectivity index (χ4v) is 1.82. The fourth-order valence-electron chi connectivity index (χ4n) is 1.82. The highest BCUT2D eigenvalue weighted by molar-refractivity contribution is 5.84. The van der Waals surface area contributed by atoms with Crippen molar-refractivity contribution in [1.29, 1.82) is 0 Å². The van der Waals surface area contributed by atoms with Crippen molar-refractivity contribution in [1.82, 2.24) is 5.32 Å². The van der Waals surface area contributed by atoms with Crippen LogP contribution in [0.25, 0.3) is 0 Å². The molecule has 0 saturated heterocycles. The molecule has 1 amide bonds. The molecule has 22 heavy (non-hydrogen) atoms. The minimum Gasteiger partial charge on any atom is -0.494 e. The van der Waals surface area contributed by atoms with Gasteiger partial charge in [-0.3, -0.25) is 4.79 Å². The molecular formula is C16H23NO5. The molecule has 6 nitrogen and oxygen atoms in total. The quantitative estimate of drug-likeness (QED) is 0.666. The van der Waals surface area contributed by atoms with E-state index < -0.39 is 18.6 Å². The molecule has 0 unspecified atom stereocenters. The molecule has 0 radical (unpaired) electrons. The van der Waals surface area contributed by atoms with Crippen LogP contribution in [0.5, 0.6) is 5.75 Å². The number of ether oxygens (including phenoxy) is 2. The number of benzene rings is 1. The standard InChI is InChI=1S/C16H23NO5/c1-3-10-22-13-7-4-12(5-8-13)6-9-15(19)17-14(11-18)16(20)21-2/h4-5,7-8,14,18H,3,6,9-11H2,1-2H3,(H,17,19)/t14-/m1/s1. The zero-order chi connectivity index (χ0) is 16.4. The Morgan fingerprint density at radius 2 is 1.95 bits per heavy atom. The zero-order valence-electron chi connectivity index (χ0n) is 13.0. The summed E-state index contributed by atoms with van der Waals surface area (Å²) in [6, 6.07) is 6.54. The van der Waals surface area contributed by atoms with Crippen molar-refractivity contribution in [3.8, 4) is 5.75 Å². The molecule has 0 spiro atoms. The van der Waals surface area contributed by atoms with Crippen LogP contribution in [0.3, 0.4) is 0 Å². The number of amides is 1. The van der Waals surface area contributed by atoms with Crippen molar-refractivity contribution in [2.75, 3.05) is 20.3 Å². The molecule has 0 aliphatic heterocycles. The summed E-state index contributed by atoms with van der Waals surface area (Å²) in [5, 5.41) is 11.5. The topological polar surface area (TPSA) is 84.9 Å². The second-order valence-electron chi connectivity index (χ2n) is 4.82. The Labute approximate surface area is 130 Å². The number of methoxy groups -OCH3 is 1. The number of carbonyl (C=O) groups is 2. The Morgan fingerprint density at radius 3 is 2.50 bits per heavy atom. The third-order valence-electron chi connectivity index (χ3n) is 3.04. The van der Waals surface area contributed by atoms with E-state index in [4.69, 9.17) is 9.84 Å². The number of nitrogens with one attached hydrogen (secondary N) is 1. The molecule has 1 aromatic carbocycles. The van der Waals surface area contributed by atoms with Gasteiger partial charge in [-0.1, -0.05) is 19.1 Å². The number of hydrogen-bond acceptors (Lipinski definition) is 5. The lowest BCUT2D eigenvalue weighted by Gasteiger charge is -2.13. The van der Waals surface area contributed by atoms with Gasteiger partial charge < -0.3 is 19.9 Å².